The molecular formula is C14H16F3N3O4S. The van der Waals surface area contributed by atoms with Crippen molar-refractivity contribution in [3.05, 3.63) is 30.1 Å². The van der Waals surface area contributed by atoms with Crippen molar-refractivity contribution in [3.63, 3.8) is 0 Å². The van der Waals surface area contributed by atoms with Crippen LogP contribution in [0.15, 0.2) is 24.5 Å². The van der Waals surface area contributed by atoms with Gasteiger partial charge in [-0.05, 0) is 12.1 Å². The normalized spacial score (nSPS) is 27.2. The van der Waals surface area contributed by atoms with Crippen LogP contribution in [0.1, 0.15) is 10.4 Å². The number of aromatic nitrogens is 1. The fourth-order valence-electron chi connectivity index (χ4n) is 3.14. The predicted octanol–water partition coefficient (Wildman–Crippen LogP) is 0.608. The summed E-state index contributed by atoms with van der Waals surface area (Å²) in [5.41, 5.74) is -4.96. The van der Waals surface area contributed by atoms with Crippen molar-refractivity contribution >= 4 is 15.9 Å². The van der Waals surface area contributed by atoms with Gasteiger partial charge in [-0.25, -0.2) is 8.42 Å². The second kappa shape index (κ2) is 6.54. The van der Waals surface area contributed by atoms with E-state index in [1.807, 2.05) is 0 Å². The fraction of sp³-hybridized carbons (Fsp3) is 0.571. The Hall–Kier alpha value is -1.72. The number of sulfonamides is 1. The van der Waals surface area contributed by atoms with E-state index >= 15 is 0 Å². The highest BCUT2D eigenvalue weighted by Gasteiger charge is 2.55. The van der Waals surface area contributed by atoms with Gasteiger partial charge in [-0.1, -0.05) is 0 Å². The van der Waals surface area contributed by atoms with Gasteiger partial charge in [0.25, 0.3) is 5.91 Å². The number of carbonyl (C=O) groups is 1. The van der Waals surface area contributed by atoms with E-state index in [4.69, 9.17) is 4.74 Å². The third kappa shape index (κ3) is 3.48. The molecule has 0 saturated carbocycles. The maximum Gasteiger partial charge on any atom is 0.511 e. The number of pyridine rings is 1. The Morgan fingerprint density at radius 3 is 2.80 bits per heavy atom. The van der Waals surface area contributed by atoms with Crippen molar-refractivity contribution in [2.45, 2.75) is 11.6 Å². The lowest BCUT2D eigenvalue weighted by atomic mass is 9.93. The van der Waals surface area contributed by atoms with Crippen molar-refractivity contribution in [1.82, 2.24) is 14.6 Å². The van der Waals surface area contributed by atoms with Gasteiger partial charge >= 0.3 is 15.5 Å². The molecule has 1 aromatic heterocycles. The van der Waals surface area contributed by atoms with Crippen LogP contribution in [0, 0.1) is 11.8 Å². The zero-order valence-electron chi connectivity index (χ0n) is 12.9. The van der Waals surface area contributed by atoms with Crippen LogP contribution < -0.4 is 5.32 Å². The van der Waals surface area contributed by atoms with E-state index < -0.39 is 21.6 Å². The summed E-state index contributed by atoms with van der Waals surface area (Å²) in [5, 5.41) is 2.69. The molecule has 0 bridgehead atoms. The number of nitrogens with zero attached hydrogens (tertiary/aromatic N) is 2. The lowest BCUT2D eigenvalue weighted by molar-refractivity contribution is -0.0488. The van der Waals surface area contributed by atoms with Crippen LogP contribution >= 0.6 is 0 Å². The van der Waals surface area contributed by atoms with E-state index in [1.165, 1.54) is 12.4 Å². The lowest BCUT2D eigenvalue weighted by Crippen LogP contribution is -2.41. The molecule has 0 unspecified atom stereocenters. The molecule has 3 atom stereocenters. The molecule has 2 fully saturated rings. The summed E-state index contributed by atoms with van der Waals surface area (Å²) < 4.78 is 66.9. The van der Waals surface area contributed by atoms with Crippen molar-refractivity contribution in [2.24, 2.45) is 11.8 Å². The minimum absolute atomic E-state index is 0.189. The number of ether oxygens (including phenoxy) is 1. The van der Waals surface area contributed by atoms with Gasteiger partial charge in [0.1, 0.15) is 0 Å². The molecule has 3 heterocycles. The molecule has 138 valence electrons. The number of rotatable bonds is 4. The number of hydrogen-bond acceptors (Lipinski definition) is 5. The molecule has 2 aliphatic heterocycles. The monoisotopic (exact) mass is 379 g/mol. The van der Waals surface area contributed by atoms with Gasteiger partial charge in [-0.3, -0.25) is 9.78 Å². The average Bonchev–Trinajstić information content (AvgIpc) is 3.13. The summed E-state index contributed by atoms with van der Waals surface area (Å²) in [7, 11) is -5.36. The molecule has 1 N–H and O–H groups in total. The molecule has 7 nitrogen and oxygen atoms in total. The van der Waals surface area contributed by atoms with Crippen LogP contribution in [0.25, 0.3) is 0 Å². The largest absolute Gasteiger partial charge is 0.511 e. The molecule has 0 aromatic carbocycles. The maximum atomic E-state index is 12.7. The van der Waals surface area contributed by atoms with Gasteiger partial charge in [0.05, 0.1) is 18.3 Å². The molecule has 0 radical (unpaired) electrons. The first-order valence-corrected chi connectivity index (χ1v) is 9.00. The Morgan fingerprint density at radius 2 is 2.16 bits per heavy atom. The standard InChI is InChI=1S/C14H16F3N3O4S/c15-14(16,17)25(22,23)20-6-11-10(8-24-12(11)7-20)5-19-13(21)9-2-1-3-18-4-9/h1-4,10-12H,5-8H2,(H,19,21)/t10-,11+,12+/m0/s1. The van der Waals surface area contributed by atoms with Crippen LogP contribution in [0.4, 0.5) is 13.2 Å². The first-order valence-electron chi connectivity index (χ1n) is 7.56. The minimum Gasteiger partial charge on any atom is -0.376 e. The van der Waals surface area contributed by atoms with Gasteiger partial charge in [0, 0.05) is 43.9 Å². The summed E-state index contributed by atoms with van der Waals surface area (Å²) in [5.74, 6) is -0.986. The number of halogens is 3. The molecule has 0 aliphatic carbocycles. The highest BCUT2D eigenvalue weighted by Crippen LogP contribution is 2.38. The van der Waals surface area contributed by atoms with Crippen molar-refractivity contribution in [1.29, 1.82) is 0 Å². The van der Waals surface area contributed by atoms with Crippen molar-refractivity contribution in [2.75, 3.05) is 26.2 Å². The van der Waals surface area contributed by atoms with E-state index in [-0.39, 0.29) is 44.0 Å². The Bertz CT molecular complexity index is 741. The summed E-state index contributed by atoms with van der Waals surface area (Å²) in [6.07, 6.45) is 2.34. The molecule has 1 aromatic rings. The van der Waals surface area contributed by atoms with Crippen LogP contribution in [-0.2, 0) is 14.8 Å². The van der Waals surface area contributed by atoms with Crippen LogP contribution in [0.2, 0.25) is 0 Å². The third-order valence-corrected chi connectivity index (χ3v) is 6.05. The average molecular weight is 379 g/mol. The molecule has 1 amide bonds. The Kier molecular flexibility index (Phi) is 4.73. The van der Waals surface area contributed by atoms with E-state index in [0.717, 1.165) is 0 Å². The lowest BCUT2D eigenvalue weighted by Gasteiger charge is -2.20. The minimum atomic E-state index is -5.36. The van der Waals surface area contributed by atoms with Gasteiger partial charge in [0.2, 0.25) is 0 Å². The molecule has 2 saturated heterocycles. The number of carbonyl (C=O) groups excluding carboxylic acids is 1. The second-order valence-electron chi connectivity index (χ2n) is 6.02. The first kappa shape index (κ1) is 18.1. The highest BCUT2D eigenvalue weighted by atomic mass is 32.2. The van der Waals surface area contributed by atoms with Crippen LogP contribution in [0.3, 0.4) is 0 Å². The van der Waals surface area contributed by atoms with E-state index in [1.54, 1.807) is 12.1 Å². The first-order chi connectivity index (χ1) is 11.7. The van der Waals surface area contributed by atoms with Gasteiger partial charge in [0.15, 0.2) is 0 Å². The third-order valence-electron chi connectivity index (χ3n) is 4.49. The topological polar surface area (TPSA) is 88.6 Å². The Morgan fingerprint density at radius 1 is 1.40 bits per heavy atom. The molecule has 0 spiro atoms. The second-order valence-corrected chi connectivity index (χ2v) is 7.94. The summed E-state index contributed by atoms with van der Waals surface area (Å²) in [6, 6.07) is 3.20. The fourth-order valence-corrected chi connectivity index (χ4v) is 4.14. The van der Waals surface area contributed by atoms with E-state index in [9.17, 15) is 26.4 Å². The summed E-state index contributed by atoms with van der Waals surface area (Å²) in [6.45, 7) is -0.128. The van der Waals surface area contributed by atoms with Crippen LogP contribution in [-0.4, -0.2) is 61.5 Å². The van der Waals surface area contributed by atoms with Crippen LogP contribution in [0.5, 0.6) is 0 Å². The van der Waals surface area contributed by atoms with Gasteiger partial charge in [-0.2, -0.15) is 17.5 Å². The number of fused-ring (bicyclic) bond motifs is 1. The molecule has 25 heavy (non-hydrogen) atoms. The number of alkyl halides is 3. The number of nitrogens with one attached hydrogen (secondary N) is 1. The molecule has 3 rings (SSSR count). The smallest absolute Gasteiger partial charge is 0.376 e. The number of amides is 1. The zero-order valence-corrected chi connectivity index (χ0v) is 13.8. The maximum absolute atomic E-state index is 12.7. The molecule has 11 heteroatoms. The van der Waals surface area contributed by atoms with E-state index in [2.05, 4.69) is 10.3 Å². The van der Waals surface area contributed by atoms with Gasteiger partial charge < -0.3 is 10.1 Å². The zero-order chi connectivity index (χ0) is 18.2. The quantitative estimate of drug-likeness (QED) is 0.828. The SMILES string of the molecule is O=C(NC[C@H]1CO[C@@H]2CN(S(=O)(=O)C(F)(F)F)C[C@H]12)c1cccnc1. The number of hydrogen-bond donors (Lipinski definition) is 1. The van der Waals surface area contributed by atoms with Gasteiger partial charge in [-0.15, -0.1) is 0 Å². The van der Waals surface area contributed by atoms with E-state index in [0.29, 0.717) is 9.87 Å². The predicted molar refractivity (Wildman–Crippen MR) is 79.8 cm³/mol. The Balaban J connectivity index is 1.60. The molecular weight excluding hydrogens is 363 g/mol. The molecule has 2 aliphatic rings. The van der Waals surface area contributed by atoms with Crippen molar-refractivity contribution in [3.8, 4) is 0 Å². The highest BCUT2D eigenvalue weighted by molar-refractivity contribution is 7.90. The Labute approximate surface area is 142 Å². The van der Waals surface area contributed by atoms with Crippen molar-refractivity contribution < 1.29 is 31.1 Å². The summed E-state index contributed by atoms with van der Waals surface area (Å²) in [4.78, 5) is 15.8. The summed E-state index contributed by atoms with van der Waals surface area (Å²) >= 11 is 0.